The number of pyridine rings is 1. The molecule has 1 N–H and O–H groups in total. The predicted molar refractivity (Wildman–Crippen MR) is 64.4 cm³/mol. The highest BCUT2D eigenvalue weighted by Gasteiger charge is 2.39. The van der Waals surface area contributed by atoms with E-state index in [0.29, 0.717) is 11.1 Å². The van der Waals surface area contributed by atoms with Gasteiger partial charge in [-0.2, -0.15) is 8.78 Å². The fourth-order valence-electron chi connectivity index (χ4n) is 1.75. The summed E-state index contributed by atoms with van der Waals surface area (Å²) >= 11 is 0. The largest absolute Gasteiger partial charge is 0.319 e. The highest BCUT2D eigenvalue weighted by molar-refractivity contribution is 5.81. The molecule has 102 valence electrons. The summed E-state index contributed by atoms with van der Waals surface area (Å²) in [7, 11) is 0. The van der Waals surface area contributed by atoms with Gasteiger partial charge in [0, 0.05) is 18.1 Å². The van der Waals surface area contributed by atoms with Crippen LogP contribution in [0.3, 0.4) is 0 Å². The first kappa shape index (κ1) is 13.7. The average Bonchev–Trinajstić information content (AvgIpc) is 2.38. The number of hydrogen-bond acceptors (Lipinski definition) is 2. The summed E-state index contributed by atoms with van der Waals surface area (Å²) in [5, 5.41) is 3.22. The second kappa shape index (κ2) is 5.52. The number of para-hydroxylation sites is 1. The van der Waals surface area contributed by atoms with E-state index in [1.165, 1.54) is 0 Å². The molecule has 2 nitrogen and oxygen atoms in total. The maximum Gasteiger partial charge on any atom is 0.319 e. The van der Waals surface area contributed by atoms with E-state index in [-0.39, 0.29) is 6.54 Å². The topological polar surface area (TPSA) is 24.9 Å². The van der Waals surface area contributed by atoms with Crippen molar-refractivity contribution in [2.45, 2.75) is 18.9 Å². The van der Waals surface area contributed by atoms with Crippen LogP contribution in [0.4, 0.5) is 17.6 Å². The van der Waals surface area contributed by atoms with Crippen molar-refractivity contribution in [2.75, 3.05) is 6.54 Å². The van der Waals surface area contributed by atoms with Gasteiger partial charge in [-0.3, -0.25) is 4.98 Å². The lowest BCUT2D eigenvalue weighted by atomic mass is 10.1. The van der Waals surface area contributed by atoms with Gasteiger partial charge in [0.2, 0.25) is 0 Å². The van der Waals surface area contributed by atoms with Crippen LogP contribution in [0.2, 0.25) is 0 Å². The minimum atomic E-state index is -4.02. The smallest absolute Gasteiger partial charge is 0.307 e. The van der Waals surface area contributed by atoms with Crippen LogP contribution in [0.15, 0.2) is 36.5 Å². The van der Waals surface area contributed by atoms with Crippen LogP contribution in [-0.4, -0.2) is 23.9 Å². The highest BCUT2D eigenvalue weighted by Crippen LogP contribution is 2.22. The molecule has 2 rings (SSSR count). The minimum absolute atomic E-state index is 0.0661. The number of aromatic nitrogens is 1. The lowest BCUT2D eigenvalue weighted by Gasteiger charge is -2.16. The van der Waals surface area contributed by atoms with E-state index < -0.39 is 18.9 Å². The summed E-state index contributed by atoms with van der Waals surface area (Å²) in [6, 6.07) is 8.96. The molecule has 2 aromatic rings. The average molecular weight is 272 g/mol. The Balaban J connectivity index is 2.07. The first-order valence-electron chi connectivity index (χ1n) is 5.70. The van der Waals surface area contributed by atoms with Gasteiger partial charge in [0.15, 0.2) is 0 Å². The van der Waals surface area contributed by atoms with Gasteiger partial charge in [-0.05, 0) is 11.6 Å². The summed E-state index contributed by atoms with van der Waals surface area (Å²) in [4.78, 5) is 4.16. The quantitative estimate of drug-likeness (QED) is 0.845. The second-order valence-corrected chi connectivity index (χ2v) is 4.16. The highest BCUT2D eigenvalue weighted by atomic mass is 19.3. The molecule has 0 radical (unpaired) electrons. The number of nitrogens with one attached hydrogen (secondary N) is 1. The lowest BCUT2D eigenvalue weighted by Crippen LogP contribution is -2.38. The van der Waals surface area contributed by atoms with Gasteiger partial charge in [-0.1, -0.05) is 24.3 Å². The van der Waals surface area contributed by atoms with E-state index in [1.54, 1.807) is 24.4 Å². The molecule has 0 aliphatic rings. The van der Waals surface area contributed by atoms with Crippen LogP contribution >= 0.6 is 0 Å². The molecule has 0 bridgehead atoms. The number of hydrogen-bond donors (Lipinski definition) is 1. The molecular weight excluding hydrogens is 260 g/mol. The third-order valence-electron chi connectivity index (χ3n) is 2.71. The van der Waals surface area contributed by atoms with Gasteiger partial charge in [-0.15, -0.1) is 0 Å². The van der Waals surface area contributed by atoms with Crippen LogP contribution in [-0.2, 0) is 6.54 Å². The number of benzene rings is 1. The Morgan fingerprint density at radius 2 is 1.89 bits per heavy atom. The van der Waals surface area contributed by atoms with Crippen LogP contribution < -0.4 is 5.32 Å². The summed E-state index contributed by atoms with van der Waals surface area (Å²) in [6.45, 7) is -0.995. The molecule has 0 aliphatic heterocycles. The molecule has 0 amide bonds. The maximum atomic E-state index is 12.7. The van der Waals surface area contributed by atoms with Crippen molar-refractivity contribution in [3.8, 4) is 0 Å². The van der Waals surface area contributed by atoms with Crippen molar-refractivity contribution in [3.63, 3.8) is 0 Å². The van der Waals surface area contributed by atoms with Gasteiger partial charge in [0.25, 0.3) is 0 Å². The van der Waals surface area contributed by atoms with Crippen molar-refractivity contribution in [2.24, 2.45) is 0 Å². The first-order chi connectivity index (χ1) is 9.00. The third kappa shape index (κ3) is 3.20. The molecule has 0 saturated heterocycles. The molecule has 0 atom stereocenters. The summed E-state index contributed by atoms with van der Waals surface area (Å²) < 4.78 is 49.4. The van der Waals surface area contributed by atoms with Gasteiger partial charge >= 0.3 is 12.3 Å². The summed E-state index contributed by atoms with van der Waals surface area (Å²) in [5.41, 5.74) is 1.38. The number of fused-ring (bicyclic) bond motifs is 1. The van der Waals surface area contributed by atoms with Gasteiger partial charge in [0.1, 0.15) is 0 Å². The number of nitrogens with zero attached hydrogens (tertiary/aromatic N) is 1. The maximum absolute atomic E-state index is 12.7. The van der Waals surface area contributed by atoms with Crippen molar-refractivity contribution in [3.05, 3.63) is 42.1 Å². The zero-order valence-corrected chi connectivity index (χ0v) is 9.91. The predicted octanol–water partition coefficient (Wildman–Crippen LogP) is 3.22. The van der Waals surface area contributed by atoms with Crippen LogP contribution in [0.25, 0.3) is 10.9 Å². The zero-order valence-electron chi connectivity index (χ0n) is 9.91. The lowest BCUT2D eigenvalue weighted by molar-refractivity contribution is -0.125. The second-order valence-electron chi connectivity index (χ2n) is 4.16. The van der Waals surface area contributed by atoms with E-state index in [4.69, 9.17) is 0 Å². The van der Waals surface area contributed by atoms with Crippen molar-refractivity contribution < 1.29 is 17.6 Å². The molecule has 19 heavy (non-hydrogen) atoms. The van der Waals surface area contributed by atoms with Crippen LogP contribution in [0.5, 0.6) is 0 Å². The van der Waals surface area contributed by atoms with Crippen molar-refractivity contribution >= 4 is 10.9 Å². The molecule has 1 aromatic carbocycles. The fourth-order valence-corrected chi connectivity index (χ4v) is 1.75. The van der Waals surface area contributed by atoms with E-state index in [0.717, 1.165) is 5.39 Å². The van der Waals surface area contributed by atoms with E-state index in [2.05, 4.69) is 10.3 Å². The zero-order chi connectivity index (χ0) is 13.9. The van der Waals surface area contributed by atoms with E-state index in [9.17, 15) is 17.6 Å². The monoisotopic (exact) mass is 272 g/mol. The van der Waals surface area contributed by atoms with Crippen molar-refractivity contribution in [1.82, 2.24) is 10.3 Å². The molecular formula is C13H12F4N2. The summed E-state index contributed by atoms with van der Waals surface area (Å²) in [6.07, 6.45) is -2.06. The van der Waals surface area contributed by atoms with E-state index >= 15 is 0 Å². The van der Waals surface area contributed by atoms with Crippen molar-refractivity contribution in [1.29, 1.82) is 0 Å². The van der Waals surface area contributed by atoms with Gasteiger partial charge in [0.05, 0.1) is 12.1 Å². The number of halogens is 4. The normalized spacial score (nSPS) is 12.3. The molecule has 1 heterocycles. The molecule has 1 aromatic heterocycles. The molecule has 6 heteroatoms. The van der Waals surface area contributed by atoms with E-state index in [1.807, 2.05) is 12.1 Å². The Labute approximate surface area is 107 Å². The van der Waals surface area contributed by atoms with Gasteiger partial charge in [-0.25, -0.2) is 8.78 Å². The number of rotatable bonds is 5. The number of alkyl halides is 4. The Bertz CT molecular complexity index is 552. The minimum Gasteiger partial charge on any atom is -0.307 e. The standard InChI is InChI=1S/C13H12F4N2/c14-12(15)13(16,17)8-18-7-10-4-1-3-9-5-2-6-19-11(9)10/h1-6,12,18H,7-8H2. The molecule has 0 fully saturated rings. The van der Waals surface area contributed by atoms with Gasteiger partial charge < -0.3 is 5.32 Å². The Kier molecular flexibility index (Phi) is 3.99. The fraction of sp³-hybridized carbons (Fsp3) is 0.308. The molecule has 0 aliphatic carbocycles. The SMILES string of the molecule is FC(F)C(F)(F)CNCc1cccc2cccnc12. The Morgan fingerprint density at radius 3 is 2.63 bits per heavy atom. The first-order valence-corrected chi connectivity index (χ1v) is 5.70. The molecule has 0 unspecified atom stereocenters. The molecule has 0 saturated carbocycles. The Morgan fingerprint density at radius 1 is 1.16 bits per heavy atom. The third-order valence-corrected chi connectivity index (χ3v) is 2.71. The molecule has 0 spiro atoms. The van der Waals surface area contributed by atoms with Crippen LogP contribution in [0, 0.1) is 0 Å². The summed E-state index contributed by atoms with van der Waals surface area (Å²) in [5.74, 6) is -4.02. The Hall–Kier alpha value is -1.69. The van der Waals surface area contributed by atoms with Crippen LogP contribution in [0.1, 0.15) is 5.56 Å².